The molecule has 0 amide bonds. The molecule has 0 N–H and O–H groups in total. The molecular formula is C34H54O9. The molecule has 0 aromatic rings. The van der Waals surface area contributed by atoms with Gasteiger partial charge in [-0.3, -0.25) is 24.0 Å². The largest absolute Gasteiger partial charge is 0.466 e. The van der Waals surface area contributed by atoms with E-state index < -0.39 is 42.1 Å². The fourth-order valence-electron chi connectivity index (χ4n) is 8.82. The minimum atomic E-state index is -0.740. The summed E-state index contributed by atoms with van der Waals surface area (Å²) in [6, 6.07) is 0. The fraction of sp³-hybridized carbons (Fsp3) is 0.853. The van der Waals surface area contributed by atoms with Crippen molar-refractivity contribution < 1.29 is 42.9 Å². The third-order valence-corrected chi connectivity index (χ3v) is 10.6. The molecule has 3 saturated carbocycles. The summed E-state index contributed by atoms with van der Waals surface area (Å²) in [6.07, 6.45) is 4.93. The molecule has 0 saturated heterocycles. The van der Waals surface area contributed by atoms with Crippen LogP contribution in [0.5, 0.6) is 0 Å². The topological polar surface area (TPSA) is 122 Å². The maximum absolute atomic E-state index is 14.5. The zero-order valence-corrected chi connectivity index (χ0v) is 27.5. The Bertz CT molecular complexity index is 1020. The molecule has 43 heavy (non-hydrogen) atoms. The monoisotopic (exact) mass is 606 g/mol. The first-order chi connectivity index (χ1) is 20.1. The highest BCUT2D eigenvalue weighted by molar-refractivity contribution is 5.85. The fourth-order valence-corrected chi connectivity index (χ4v) is 8.82. The van der Waals surface area contributed by atoms with Crippen LogP contribution in [0.2, 0.25) is 0 Å². The molecule has 3 aliphatic carbocycles. The van der Waals surface area contributed by atoms with Gasteiger partial charge in [-0.1, -0.05) is 47.0 Å². The Morgan fingerprint density at radius 2 is 1.33 bits per heavy atom. The molecule has 3 fully saturated rings. The molecule has 3 aliphatic rings. The summed E-state index contributed by atoms with van der Waals surface area (Å²) in [5, 5.41) is 0. The first-order valence-corrected chi connectivity index (χ1v) is 16.3. The Kier molecular flexibility index (Phi) is 12.2. The van der Waals surface area contributed by atoms with Gasteiger partial charge in [0.25, 0.3) is 0 Å². The van der Waals surface area contributed by atoms with Crippen molar-refractivity contribution in [3.05, 3.63) is 0 Å². The average molecular weight is 607 g/mol. The van der Waals surface area contributed by atoms with Crippen molar-refractivity contribution in [2.75, 3.05) is 6.61 Å². The summed E-state index contributed by atoms with van der Waals surface area (Å²) in [7, 11) is 0. The van der Waals surface area contributed by atoms with E-state index in [1.165, 1.54) is 34.1 Å². The smallest absolute Gasteiger partial charge is 0.303 e. The van der Waals surface area contributed by atoms with Gasteiger partial charge in [0.15, 0.2) is 0 Å². The molecule has 0 bridgehead atoms. The Morgan fingerprint density at radius 3 is 1.88 bits per heavy atom. The molecule has 10 atom stereocenters. The first-order valence-electron chi connectivity index (χ1n) is 16.3. The van der Waals surface area contributed by atoms with E-state index in [2.05, 4.69) is 27.7 Å². The molecule has 0 aromatic carbocycles. The van der Waals surface area contributed by atoms with Crippen LogP contribution in [0.4, 0.5) is 0 Å². The van der Waals surface area contributed by atoms with E-state index in [1.807, 2.05) is 0 Å². The molecule has 0 aliphatic heterocycles. The zero-order chi connectivity index (χ0) is 32.1. The predicted octanol–water partition coefficient (Wildman–Crippen LogP) is 5.84. The number of carbonyl (C=O) groups excluding carboxylic acids is 5. The number of esters is 4. The maximum Gasteiger partial charge on any atom is 0.303 e. The number of hydrogen-bond acceptors (Lipinski definition) is 9. The van der Waals surface area contributed by atoms with Gasteiger partial charge in [0.2, 0.25) is 0 Å². The van der Waals surface area contributed by atoms with Crippen LogP contribution in [-0.2, 0) is 42.9 Å². The van der Waals surface area contributed by atoms with Gasteiger partial charge in [-0.25, -0.2) is 0 Å². The number of ketones is 1. The van der Waals surface area contributed by atoms with Gasteiger partial charge >= 0.3 is 23.9 Å². The van der Waals surface area contributed by atoms with Gasteiger partial charge in [0, 0.05) is 45.4 Å². The molecule has 0 unspecified atom stereocenters. The Hall–Kier alpha value is -2.45. The van der Waals surface area contributed by atoms with Crippen molar-refractivity contribution in [3.8, 4) is 0 Å². The summed E-state index contributed by atoms with van der Waals surface area (Å²) < 4.78 is 22.5. The van der Waals surface area contributed by atoms with Crippen LogP contribution in [0.1, 0.15) is 113 Å². The summed E-state index contributed by atoms with van der Waals surface area (Å²) >= 11 is 0. The minimum absolute atomic E-state index is 0.0329. The molecule has 244 valence electrons. The highest BCUT2D eigenvalue weighted by Crippen LogP contribution is 2.59. The summed E-state index contributed by atoms with van der Waals surface area (Å²) in [5.74, 6) is -1.26. The van der Waals surface area contributed by atoms with E-state index >= 15 is 0 Å². The molecule has 0 aromatic heterocycles. The van der Waals surface area contributed by atoms with Crippen LogP contribution in [-0.4, -0.2) is 54.6 Å². The van der Waals surface area contributed by atoms with Crippen molar-refractivity contribution >= 4 is 29.7 Å². The van der Waals surface area contributed by atoms with Gasteiger partial charge in [0.05, 0.1) is 6.61 Å². The molecule has 0 spiro atoms. The second-order valence-corrected chi connectivity index (χ2v) is 14.1. The van der Waals surface area contributed by atoms with E-state index in [0.29, 0.717) is 37.2 Å². The molecule has 9 nitrogen and oxygen atoms in total. The second kappa shape index (κ2) is 15.0. The highest BCUT2D eigenvalue weighted by Gasteiger charge is 2.58. The molecule has 0 heterocycles. The first kappa shape index (κ1) is 35.0. The van der Waals surface area contributed by atoms with Gasteiger partial charge in [-0.15, -0.1) is 0 Å². The number of hydrogen-bond donors (Lipinski definition) is 0. The molecule has 3 rings (SSSR count). The van der Waals surface area contributed by atoms with Crippen LogP contribution in [0.15, 0.2) is 0 Å². The van der Waals surface area contributed by atoms with E-state index in [9.17, 15) is 24.0 Å². The Morgan fingerprint density at radius 1 is 0.767 bits per heavy atom. The van der Waals surface area contributed by atoms with Crippen LogP contribution in [0.25, 0.3) is 0 Å². The summed E-state index contributed by atoms with van der Waals surface area (Å²) in [4.78, 5) is 62.3. The normalized spacial score (nSPS) is 34.7. The predicted molar refractivity (Wildman–Crippen MR) is 159 cm³/mol. The third-order valence-electron chi connectivity index (χ3n) is 10.6. The zero-order valence-electron chi connectivity index (χ0n) is 27.5. The van der Waals surface area contributed by atoms with E-state index in [0.717, 1.165) is 25.7 Å². The number of Topliss-reactive ketones (excluding diaryl/α,β-unsaturated/α-hetero) is 1. The van der Waals surface area contributed by atoms with Crippen molar-refractivity contribution in [1.82, 2.24) is 0 Å². The lowest BCUT2D eigenvalue weighted by molar-refractivity contribution is -0.187. The van der Waals surface area contributed by atoms with Crippen LogP contribution >= 0.6 is 0 Å². The van der Waals surface area contributed by atoms with Crippen LogP contribution in [0, 0.1) is 46.8 Å². The SMILES string of the molecule is CC(=O)OCC[C@]1(C)[C@@H]([C@H](C)CCCC(C)C)CC[C@H]1[C@@H]1C[C@@H](OC(C)=O)[C@@H]2C[C@H](OC(C)=O)[C@@H](OC(C)=O)C[C@H]2C1=O. The number of ether oxygens (including phenoxy) is 4. The lowest BCUT2D eigenvalue weighted by atomic mass is 9.56. The van der Waals surface area contributed by atoms with Crippen molar-refractivity contribution in [2.24, 2.45) is 46.8 Å². The minimum Gasteiger partial charge on any atom is -0.466 e. The van der Waals surface area contributed by atoms with Gasteiger partial charge in [0.1, 0.15) is 24.1 Å². The van der Waals surface area contributed by atoms with Gasteiger partial charge < -0.3 is 18.9 Å². The van der Waals surface area contributed by atoms with Crippen molar-refractivity contribution in [3.63, 3.8) is 0 Å². The second-order valence-electron chi connectivity index (χ2n) is 14.1. The van der Waals surface area contributed by atoms with E-state index in [-0.39, 0.29) is 47.8 Å². The quantitative estimate of drug-likeness (QED) is 0.199. The lowest BCUT2D eigenvalue weighted by Gasteiger charge is -2.50. The summed E-state index contributed by atoms with van der Waals surface area (Å²) in [5.41, 5.74) is -0.245. The lowest BCUT2D eigenvalue weighted by Crippen LogP contribution is -2.56. The number of carbonyl (C=O) groups is 5. The van der Waals surface area contributed by atoms with Gasteiger partial charge in [-0.2, -0.15) is 0 Å². The van der Waals surface area contributed by atoms with E-state index in [1.54, 1.807) is 0 Å². The molecule has 0 radical (unpaired) electrons. The van der Waals surface area contributed by atoms with Crippen LogP contribution < -0.4 is 0 Å². The average Bonchev–Trinajstić information content (AvgIpc) is 3.21. The number of fused-ring (bicyclic) bond motifs is 1. The third kappa shape index (κ3) is 8.81. The van der Waals surface area contributed by atoms with Crippen molar-refractivity contribution in [2.45, 2.75) is 131 Å². The standard InChI is InChI=1S/C34H54O9/c1-19(2)10-9-11-20(3)28-12-13-29(34(28,8)14-15-40-21(4)35)27-18-30(41-22(5)36)25-16-31(42-23(6)37)32(43-24(7)38)17-26(25)33(27)39/h19-20,25-32H,9-18H2,1-8H3/t20-,25-,26-,27+,28-,29+,30-,31+,32+,34-/m1/s1. The Labute approximate surface area is 257 Å². The summed E-state index contributed by atoms with van der Waals surface area (Å²) in [6.45, 7) is 14.8. The van der Waals surface area contributed by atoms with Crippen molar-refractivity contribution in [1.29, 1.82) is 0 Å². The van der Waals surface area contributed by atoms with E-state index in [4.69, 9.17) is 18.9 Å². The molecular weight excluding hydrogens is 552 g/mol. The number of rotatable bonds is 12. The maximum atomic E-state index is 14.5. The van der Waals surface area contributed by atoms with Gasteiger partial charge in [-0.05, 0) is 67.6 Å². The Balaban J connectivity index is 1.93. The molecule has 9 heteroatoms. The highest BCUT2D eigenvalue weighted by atomic mass is 16.6. The van der Waals surface area contributed by atoms with Crippen LogP contribution in [0.3, 0.4) is 0 Å².